The second-order valence-electron chi connectivity index (χ2n) is 3.45. The first-order valence-corrected chi connectivity index (χ1v) is 4.95. The quantitative estimate of drug-likeness (QED) is 0.375. The van der Waals surface area contributed by atoms with E-state index in [1.807, 2.05) is 0 Å². The van der Waals surface area contributed by atoms with Crippen LogP contribution >= 0.6 is 0 Å². The normalized spacial score (nSPS) is 14.2. The summed E-state index contributed by atoms with van der Waals surface area (Å²) < 4.78 is 4.86. The van der Waals surface area contributed by atoms with Gasteiger partial charge < -0.3 is 26.6 Å². The van der Waals surface area contributed by atoms with Gasteiger partial charge in [0.15, 0.2) is 0 Å². The topological polar surface area (TPSA) is 128 Å². The molecule has 6 N–H and O–H groups in total. The predicted octanol–water partition coefficient (Wildman–Crippen LogP) is -2.30. The van der Waals surface area contributed by atoms with Gasteiger partial charge in [-0.3, -0.25) is 9.59 Å². The van der Waals surface area contributed by atoms with Crippen LogP contribution in [0.2, 0.25) is 0 Å². The Morgan fingerprint density at radius 1 is 1.50 bits per heavy atom. The van der Waals surface area contributed by atoms with Crippen molar-refractivity contribution >= 4 is 11.8 Å². The molecule has 0 fully saturated rings. The molecule has 0 aromatic rings. The lowest BCUT2D eigenvalue weighted by molar-refractivity contribution is -0.127. The summed E-state index contributed by atoms with van der Waals surface area (Å²) in [5.41, 5.74) is 10.4. The highest BCUT2D eigenvalue weighted by Gasteiger charge is 2.19. The first-order valence-electron chi connectivity index (χ1n) is 4.95. The fourth-order valence-corrected chi connectivity index (χ4v) is 1.17. The Morgan fingerprint density at radius 3 is 2.56 bits per heavy atom. The average Bonchev–Trinajstić information content (AvgIpc) is 2.17. The van der Waals surface area contributed by atoms with Crippen molar-refractivity contribution in [3.63, 3.8) is 0 Å². The zero-order chi connectivity index (χ0) is 12.6. The average molecular weight is 233 g/mol. The lowest BCUT2D eigenvalue weighted by atomic mass is 10.1. The van der Waals surface area contributed by atoms with E-state index >= 15 is 0 Å². The van der Waals surface area contributed by atoms with Gasteiger partial charge in [0.05, 0.1) is 25.1 Å². The zero-order valence-corrected chi connectivity index (χ0v) is 9.31. The molecule has 94 valence electrons. The number of amides is 2. The van der Waals surface area contributed by atoms with Crippen LogP contribution in [0.1, 0.15) is 12.8 Å². The third-order valence-corrected chi connectivity index (χ3v) is 1.95. The first-order chi connectivity index (χ1) is 7.51. The number of primary amides is 1. The summed E-state index contributed by atoms with van der Waals surface area (Å²) in [6.45, 7) is 0.203. The number of methoxy groups -OCH3 is 1. The van der Waals surface area contributed by atoms with Crippen LogP contribution in [-0.2, 0) is 14.3 Å². The molecule has 0 aliphatic heterocycles. The van der Waals surface area contributed by atoms with Gasteiger partial charge in [-0.05, 0) is 6.42 Å². The number of carbonyl (C=O) groups is 2. The molecule has 2 atom stereocenters. The number of nitrogens with two attached hydrogens (primary N) is 2. The highest BCUT2D eigenvalue weighted by atomic mass is 16.5. The van der Waals surface area contributed by atoms with Gasteiger partial charge in [0, 0.05) is 13.7 Å². The smallest absolute Gasteiger partial charge is 0.237 e. The maximum absolute atomic E-state index is 11.5. The molecule has 16 heavy (non-hydrogen) atoms. The van der Waals surface area contributed by atoms with Gasteiger partial charge in [-0.15, -0.1) is 0 Å². The Balaban J connectivity index is 4.11. The van der Waals surface area contributed by atoms with E-state index in [1.165, 1.54) is 7.11 Å². The lowest BCUT2D eigenvalue weighted by Gasteiger charge is -2.19. The molecule has 0 radical (unpaired) electrons. The summed E-state index contributed by atoms with van der Waals surface area (Å²) in [5, 5.41) is 11.3. The second kappa shape index (κ2) is 8.03. The lowest BCUT2D eigenvalue weighted by Crippen LogP contribution is -2.48. The van der Waals surface area contributed by atoms with Crippen molar-refractivity contribution < 1.29 is 19.4 Å². The fraction of sp³-hybridized carbons (Fsp3) is 0.778. The Kier molecular flexibility index (Phi) is 7.44. The second-order valence-corrected chi connectivity index (χ2v) is 3.45. The Hall–Kier alpha value is -1.18. The first kappa shape index (κ1) is 14.8. The molecular formula is C9H19N3O4. The van der Waals surface area contributed by atoms with E-state index in [0.29, 0.717) is 6.42 Å². The maximum Gasteiger partial charge on any atom is 0.237 e. The van der Waals surface area contributed by atoms with E-state index in [9.17, 15) is 9.59 Å². The highest BCUT2D eigenvalue weighted by molar-refractivity contribution is 5.87. The third-order valence-electron chi connectivity index (χ3n) is 1.95. The van der Waals surface area contributed by atoms with Crippen LogP contribution in [-0.4, -0.2) is 49.3 Å². The predicted molar refractivity (Wildman–Crippen MR) is 57.3 cm³/mol. The Labute approximate surface area is 94.1 Å². The van der Waals surface area contributed by atoms with Crippen molar-refractivity contribution in [1.82, 2.24) is 5.32 Å². The molecule has 0 rings (SSSR count). The molecule has 0 aromatic heterocycles. The molecule has 0 aliphatic carbocycles. The van der Waals surface area contributed by atoms with Crippen LogP contribution in [0.5, 0.6) is 0 Å². The summed E-state index contributed by atoms with van der Waals surface area (Å²) in [6, 6.07) is -1.28. The summed E-state index contributed by atoms with van der Waals surface area (Å²) in [4.78, 5) is 22.0. The van der Waals surface area contributed by atoms with Gasteiger partial charge in [-0.1, -0.05) is 0 Å². The summed E-state index contributed by atoms with van der Waals surface area (Å²) in [6.07, 6.45) is 0.160. The number of ether oxygens (including phenoxy) is 1. The molecule has 0 heterocycles. The minimum Gasteiger partial charge on any atom is -0.396 e. The molecule has 0 spiro atoms. The number of aliphatic hydroxyl groups is 1. The molecular weight excluding hydrogens is 214 g/mol. The van der Waals surface area contributed by atoms with Crippen LogP contribution in [0.25, 0.3) is 0 Å². The van der Waals surface area contributed by atoms with Crippen LogP contribution in [0.4, 0.5) is 0 Å². The van der Waals surface area contributed by atoms with Gasteiger partial charge in [0.2, 0.25) is 11.8 Å². The molecule has 2 unspecified atom stereocenters. The SMILES string of the molecule is COCC(CCO)NC(=O)C(N)CC(N)=O. The summed E-state index contributed by atoms with van der Waals surface area (Å²) in [7, 11) is 1.49. The van der Waals surface area contributed by atoms with Crippen molar-refractivity contribution in [2.75, 3.05) is 20.3 Å². The van der Waals surface area contributed by atoms with E-state index < -0.39 is 17.9 Å². The van der Waals surface area contributed by atoms with Gasteiger partial charge >= 0.3 is 0 Å². The Morgan fingerprint density at radius 2 is 2.12 bits per heavy atom. The molecule has 0 aromatic carbocycles. The number of carbonyl (C=O) groups excluding carboxylic acids is 2. The molecule has 2 amide bonds. The van der Waals surface area contributed by atoms with Crippen molar-refractivity contribution in [3.8, 4) is 0 Å². The van der Waals surface area contributed by atoms with Gasteiger partial charge in [0.1, 0.15) is 0 Å². The van der Waals surface area contributed by atoms with Crippen LogP contribution in [0.3, 0.4) is 0 Å². The third kappa shape index (κ3) is 6.33. The van der Waals surface area contributed by atoms with Crippen molar-refractivity contribution in [1.29, 1.82) is 0 Å². The van der Waals surface area contributed by atoms with Crippen molar-refractivity contribution in [2.45, 2.75) is 24.9 Å². The van der Waals surface area contributed by atoms with Crippen molar-refractivity contribution in [2.24, 2.45) is 11.5 Å². The molecule has 7 heteroatoms. The summed E-state index contributed by atoms with van der Waals surface area (Å²) in [5.74, 6) is -1.11. The number of rotatable bonds is 8. The van der Waals surface area contributed by atoms with E-state index in [4.69, 9.17) is 21.3 Å². The van der Waals surface area contributed by atoms with Crippen molar-refractivity contribution in [3.05, 3.63) is 0 Å². The fourth-order valence-electron chi connectivity index (χ4n) is 1.17. The Bertz CT molecular complexity index is 229. The minimum atomic E-state index is -0.962. The molecule has 0 saturated heterocycles. The molecule has 0 saturated carbocycles. The van der Waals surface area contributed by atoms with Crippen LogP contribution < -0.4 is 16.8 Å². The van der Waals surface area contributed by atoms with Gasteiger partial charge in [-0.25, -0.2) is 0 Å². The molecule has 0 aliphatic rings. The zero-order valence-electron chi connectivity index (χ0n) is 9.31. The van der Waals surface area contributed by atoms with Crippen LogP contribution in [0, 0.1) is 0 Å². The number of hydrogen-bond donors (Lipinski definition) is 4. The van der Waals surface area contributed by atoms with E-state index in [1.54, 1.807) is 0 Å². The van der Waals surface area contributed by atoms with E-state index in [-0.39, 0.29) is 25.7 Å². The number of aliphatic hydroxyl groups excluding tert-OH is 1. The molecule has 7 nitrogen and oxygen atoms in total. The van der Waals surface area contributed by atoms with E-state index in [0.717, 1.165) is 0 Å². The van der Waals surface area contributed by atoms with Gasteiger partial charge in [0.25, 0.3) is 0 Å². The number of nitrogens with one attached hydrogen (secondary N) is 1. The monoisotopic (exact) mass is 233 g/mol. The summed E-state index contributed by atoms with van der Waals surface area (Å²) >= 11 is 0. The largest absolute Gasteiger partial charge is 0.396 e. The minimum absolute atomic E-state index is 0.0701. The number of hydrogen-bond acceptors (Lipinski definition) is 5. The maximum atomic E-state index is 11.5. The standard InChI is InChI=1S/C9H19N3O4/c1-16-5-6(2-3-13)12-9(15)7(10)4-8(11)14/h6-7,13H,2-5,10H2,1H3,(H2,11,14)(H,12,15). The molecule has 0 bridgehead atoms. The van der Waals surface area contributed by atoms with Gasteiger partial charge in [-0.2, -0.15) is 0 Å². The highest BCUT2D eigenvalue weighted by Crippen LogP contribution is 1.95. The van der Waals surface area contributed by atoms with Crippen LogP contribution in [0.15, 0.2) is 0 Å². The van der Waals surface area contributed by atoms with E-state index in [2.05, 4.69) is 5.32 Å².